The van der Waals surface area contributed by atoms with Crippen LogP contribution < -0.4 is 5.32 Å². The lowest BCUT2D eigenvalue weighted by atomic mass is 9.91. The number of aromatic nitrogens is 2. The van der Waals surface area contributed by atoms with Gasteiger partial charge in [0.1, 0.15) is 11.5 Å². The van der Waals surface area contributed by atoms with Gasteiger partial charge in [0.05, 0.1) is 5.69 Å². The van der Waals surface area contributed by atoms with Crippen LogP contribution in [0.5, 0.6) is 0 Å². The fourth-order valence-corrected chi connectivity index (χ4v) is 3.96. The topological polar surface area (TPSA) is 46.4 Å². The minimum absolute atomic E-state index is 0.0242. The Bertz CT molecular complexity index is 1160. The quantitative estimate of drug-likeness (QED) is 0.433. The van der Waals surface area contributed by atoms with Gasteiger partial charge in [0.2, 0.25) is 5.91 Å². The van der Waals surface area contributed by atoms with E-state index >= 15 is 0 Å². The monoisotopic (exact) mass is 415 g/mol. The molecule has 0 aliphatic carbocycles. The molecule has 0 bridgehead atoms. The summed E-state index contributed by atoms with van der Waals surface area (Å²) in [6.45, 7) is 2.01. The van der Waals surface area contributed by atoms with Crippen LogP contribution in [0.4, 0.5) is 4.39 Å². The first-order valence-corrected chi connectivity index (χ1v) is 10.6. The molecular formula is C26H26FN3O. The number of carbonyl (C=O) groups is 1. The molecule has 0 spiro atoms. The fraction of sp³-hybridized carbons (Fsp3) is 0.231. The number of carbonyl (C=O) groups excluding carboxylic acids is 1. The minimum atomic E-state index is -0.431. The van der Waals surface area contributed by atoms with Crippen molar-refractivity contribution in [3.8, 4) is 0 Å². The summed E-state index contributed by atoms with van der Waals surface area (Å²) >= 11 is 0. The molecule has 1 N–H and O–H groups in total. The predicted octanol–water partition coefficient (Wildman–Crippen LogP) is 5.13. The van der Waals surface area contributed by atoms with Crippen LogP contribution in [0.3, 0.4) is 0 Å². The van der Waals surface area contributed by atoms with Crippen LogP contribution in [0, 0.1) is 5.82 Å². The largest absolute Gasteiger partial charge is 0.354 e. The number of pyridine rings is 1. The van der Waals surface area contributed by atoms with Crippen LogP contribution in [0.15, 0.2) is 85.2 Å². The van der Waals surface area contributed by atoms with Crippen LogP contribution >= 0.6 is 0 Å². The lowest BCUT2D eigenvalue weighted by Gasteiger charge is -2.20. The molecule has 2 heterocycles. The number of halogens is 1. The number of imidazole rings is 1. The van der Waals surface area contributed by atoms with Crippen molar-refractivity contribution in [2.24, 2.45) is 0 Å². The SMILES string of the molecule is CC(CCc1ccccc1)NC(=O)CC(c1ccccc1F)c1cnc2ccccn12. The Morgan fingerprint density at radius 2 is 1.77 bits per heavy atom. The Balaban J connectivity index is 1.51. The molecule has 0 aliphatic rings. The smallest absolute Gasteiger partial charge is 0.221 e. The molecule has 0 fully saturated rings. The molecular weight excluding hydrogens is 389 g/mol. The summed E-state index contributed by atoms with van der Waals surface area (Å²) in [7, 11) is 0. The number of amides is 1. The molecule has 2 atom stereocenters. The highest BCUT2D eigenvalue weighted by Gasteiger charge is 2.24. The second-order valence-corrected chi connectivity index (χ2v) is 7.88. The summed E-state index contributed by atoms with van der Waals surface area (Å²) in [5, 5.41) is 3.09. The third kappa shape index (κ3) is 5.00. The van der Waals surface area contributed by atoms with E-state index in [0.29, 0.717) is 5.56 Å². The summed E-state index contributed by atoms with van der Waals surface area (Å²) in [6.07, 6.45) is 5.52. The maximum Gasteiger partial charge on any atom is 0.221 e. The number of rotatable bonds is 8. The van der Waals surface area contributed by atoms with Crippen LogP contribution in [0.2, 0.25) is 0 Å². The van der Waals surface area contributed by atoms with Gasteiger partial charge in [-0.2, -0.15) is 0 Å². The number of hydrogen-bond acceptors (Lipinski definition) is 2. The maximum atomic E-state index is 14.7. The van der Waals surface area contributed by atoms with Crippen LogP contribution in [0.25, 0.3) is 5.65 Å². The van der Waals surface area contributed by atoms with Crippen molar-refractivity contribution >= 4 is 11.6 Å². The first-order valence-electron chi connectivity index (χ1n) is 10.6. The lowest BCUT2D eigenvalue weighted by Crippen LogP contribution is -2.34. The highest BCUT2D eigenvalue weighted by Crippen LogP contribution is 2.30. The van der Waals surface area contributed by atoms with Crippen molar-refractivity contribution in [2.75, 3.05) is 0 Å². The molecule has 4 rings (SSSR count). The molecule has 5 heteroatoms. The van der Waals surface area contributed by atoms with E-state index in [-0.39, 0.29) is 24.2 Å². The number of benzene rings is 2. The zero-order valence-corrected chi connectivity index (χ0v) is 17.5. The molecule has 4 nitrogen and oxygen atoms in total. The second kappa shape index (κ2) is 9.56. The molecule has 31 heavy (non-hydrogen) atoms. The van der Waals surface area contributed by atoms with Gasteiger partial charge in [0, 0.05) is 30.8 Å². The summed E-state index contributed by atoms with van der Waals surface area (Å²) in [5.41, 5.74) is 3.32. The lowest BCUT2D eigenvalue weighted by molar-refractivity contribution is -0.121. The van der Waals surface area contributed by atoms with Gasteiger partial charge in [0.15, 0.2) is 0 Å². The molecule has 0 radical (unpaired) electrons. The molecule has 2 aromatic carbocycles. The van der Waals surface area contributed by atoms with E-state index in [0.717, 1.165) is 24.2 Å². The number of nitrogens with zero attached hydrogens (tertiary/aromatic N) is 2. The van der Waals surface area contributed by atoms with Crippen LogP contribution in [-0.2, 0) is 11.2 Å². The molecule has 0 saturated heterocycles. The van der Waals surface area contributed by atoms with Crippen molar-refractivity contribution in [3.63, 3.8) is 0 Å². The van der Waals surface area contributed by atoms with Gasteiger partial charge >= 0.3 is 0 Å². The van der Waals surface area contributed by atoms with Crippen molar-refractivity contribution in [1.82, 2.24) is 14.7 Å². The Labute approximate surface area is 181 Å². The van der Waals surface area contributed by atoms with Gasteiger partial charge in [-0.15, -0.1) is 0 Å². The van der Waals surface area contributed by atoms with Crippen molar-refractivity contribution in [3.05, 3.63) is 108 Å². The number of hydrogen-bond donors (Lipinski definition) is 1. The van der Waals surface area contributed by atoms with Gasteiger partial charge in [0.25, 0.3) is 0 Å². The number of fused-ring (bicyclic) bond motifs is 1. The zero-order valence-electron chi connectivity index (χ0n) is 17.5. The standard InChI is InChI=1S/C26H26FN3O/c1-19(14-15-20-9-3-2-4-10-20)29-26(31)17-22(21-11-5-6-12-23(21)27)24-18-28-25-13-7-8-16-30(24)25/h2-13,16,18-19,22H,14-15,17H2,1H3,(H,29,31). The van der Waals surface area contributed by atoms with Crippen LogP contribution in [-0.4, -0.2) is 21.3 Å². The number of nitrogens with one attached hydrogen (secondary N) is 1. The average Bonchev–Trinajstić information content (AvgIpc) is 3.21. The zero-order chi connectivity index (χ0) is 21.6. The van der Waals surface area contributed by atoms with E-state index in [9.17, 15) is 9.18 Å². The molecule has 4 aromatic rings. The van der Waals surface area contributed by atoms with E-state index < -0.39 is 5.92 Å². The normalized spacial score (nSPS) is 13.1. The Morgan fingerprint density at radius 3 is 2.58 bits per heavy atom. The minimum Gasteiger partial charge on any atom is -0.354 e. The van der Waals surface area contributed by atoms with Crippen molar-refractivity contribution < 1.29 is 9.18 Å². The van der Waals surface area contributed by atoms with E-state index in [4.69, 9.17) is 0 Å². The van der Waals surface area contributed by atoms with Gasteiger partial charge in [-0.3, -0.25) is 4.79 Å². The Hall–Kier alpha value is -3.47. The highest BCUT2D eigenvalue weighted by atomic mass is 19.1. The van der Waals surface area contributed by atoms with Crippen molar-refractivity contribution in [2.45, 2.75) is 38.1 Å². The van der Waals surface area contributed by atoms with E-state index in [1.165, 1.54) is 11.6 Å². The maximum absolute atomic E-state index is 14.7. The molecule has 1 amide bonds. The fourth-order valence-electron chi connectivity index (χ4n) is 3.96. The first kappa shape index (κ1) is 20.8. The van der Waals surface area contributed by atoms with Gasteiger partial charge in [-0.25, -0.2) is 9.37 Å². The summed E-state index contributed by atoms with van der Waals surface area (Å²) in [6, 6.07) is 22.6. The van der Waals surface area contributed by atoms with Crippen LogP contribution in [0.1, 0.15) is 42.5 Å². The van der Waals surface area contributed by atoms with E-state index in [2.05, 4.69) is 22.4 Å². The van der Waals surface area contributed by atoms with Gasteiger partial charge in [-0.1, -0.05) is 54.6 Å². The second-order valence-electron chi connectivity index (χ2n) is 7.88. The van der Waals surface area contributed by atoms with E-state index in [1.54, 1.807) is 24.4 Å². The summed E-state index contributed by atoms with van der Waals surface area (Å²) in [4.78, 5) is 17.4. The summed E-state index contributed by atoms with van der Waals surface area (Å²) < 4.78 is 16.6. The van der Waals surface area contributed by atoms with Gasteiger partial charge < -0.3 is 9.72 Å². The molecule has 2 unspecified atom stereocenters. The first-order chi connectivity index (χ1) is 15.1. The van der Waals surface area contributed by atoms with Crippen molar-refractivity contribution in [1.29, 1.82) is 0 Å². The Morgan fingerprint density at radius 1 is 1.03 bits per heavy atom. The highest BCUT2D eigenvalue weighted by molar-refractivity contribution is 5.77. The third-order valence-corrected chi connectivity index (χ3v) is 5.59. The summed E-state index contributed by atoms with van der Waals surface area (Å²) in [5.74, 6) is -0.845. The number of aryl methyl sites for hydroxylation is 1. The third-order valence-electron chi connectivity index (χ3n) is 5.59. The molecule has 158 valence electrons. The molecule has 2 aromatic heterocycles. The molecule has 0 saturated carbocycles. The Kier molecular flexibility index (Phi) is 6.41. The predicted molar refractivity (Wildman–Crippen MR) is 120 cm³/mol. The van der Waals surface area contributed by atoms with Gasteiger partial charge in [-0.05, 0) is 49.1 Å². The molecule has 0 aliphatic heterocycles. The average molecular weight is 416 g/mol. The van der Waals surface area contributed by atoms with E-state index in [1.807, 2.05) is 53.9 Å².